The van der Waals surface area contributed by atoms with Crippen molar-refractivity contribution < 1.29 is 4.79 Å². The summed E-state index contributed by atoms with van der Waals surface area (Å²) in [7, 11) is 0. The number of amides is 1. The van der Waals surface area contributed by atoms with Crippen LogP contribution >= 0.6 is 12.2 Å². The highest BCUT2D eigenvalue weighted by Gasteiger charge is 2.14. The summed E-state index contributed by atoms with van der Waals surface area (Å²) in [6.07, 6.45) is 18.7. The molecule has 0 aromatic heterocycles. The average molecular weight is 355 g/mol. The van der Waals surface area contributed by atoms with Gasteiger partial charge in [0.05, 0.1) is 0 Å². The standard InChI is InChI=1S/C20H38N2OS/c1-2-3-4-5-6-7-8-9-10-11-13-16-19(23)21-20(24)22-17-14-12-15-18-22/h2-18H2,1H3,(H,21,23,24). The molecule has 0 bridgehead atoms. The first-order valence-electron chi connectivity index (χ1n) is 10.3. The molecule has 1 heterocycles. The molecule has 1 amide bonds. The van der Waals surface area contributed by atoms with Crippen molar-refractivity contribution in [3.05, 3.63) is 0 Å². The molecule has 0 saturated carbocycles. The fourth-order valence-electron chi connectivity index (χ4n) is 3.31. The minimum Gasteiger partial charge on any atom is -0.349 e. The molecule has 140 valence electrons. The van der Waals surface area contributed by atoms with Gasteiger partial charge >= 0.3 is 0 Å². The molecule has 1 saturated heterocycles. The van der Waals surface area contributed by atoms with Crippen molar-refractivity contribution in [2.75, 3.05) is 13.1 Å². The topological polar surface area (TPSA) is 32.3 Å². The van der Waals surface area contributed by atoms with Crippen LogP contribution in [0.4, 0.5) is 0 Å². The van der Waals surface area contributed by atoms with Gasteiger partial charge in [-0.15, -0.1) is 0 Å². The number of unbranched alkanes of at least 4 members (excludes halogenated alkanes) is 10. The Labute approximate surface area is 154 Å². The summed E-state index contributed by atoms with van der Waals surface area (Å²) in [5.41, 5.74) is 0. The molecule has 1 N–H and O–H groups in total. The zero-order valence-corrected chi connectivity index (χ0v) is 16.6. The van der Waals surface area contributed by atoms with E-state index in [9.17, 15) is 4.79 Å². The van der Waals surface area contributed by atoms with Crippen molar-refractivity contribution in [3.8, 4) is 0 Å². The SMILES string of the molecule is CCCCCCCCCCCCCC(=O)NC(=S)N1CCCCC1. The van der Waals surface area contributed by atoms with Crippen molar-refractivity contribution in [3.63, 3.8) is 0 Å². The van der Waals surface area contributed by atoms with E-state index in [1.807, 2.05) is 0 Å². The minimum atomic E-state index is 0.0986. The first-order valence-corrected chi connectivity index (χ1v) is 10.7. The van der Waals surface area contributed by atoms with Gasteiger partial charge in [-0.25, -0.2) is 0 Å². The number of nitrogens with zero attached hydrogens (tertiary/aromatic N) is 1. The van der Waals surface area contributed by atoms with Crippen LogP contribution in [0.3, 0.4) is 0 Å². The maximum atomic E-state index is 11.9. The number of carbonyl (C=O) groups is 1. The quantitative estimate of drug-likeness (QED) is 0.367. The molecular formula is C20H38N2OS. The van der Waals surface area contributed by atoms with Crippen molar-refractivity contribution >= 4 is 23.2 Å². The molecule has 1 rings (SSSR count). The van der Waals surface area contributed by atoms with Gasteiger partial charge in [0.1, 0.15) is 0 Å². The highest BCUT2D eigenvalue weighted by atomic mass is 32.1. The molecule has 0 spiro atoms. The lowest BCUT2D eigenvalue weighted by Crippen LogP contribution is -2.44. The minimum absolute atomic E-state index is 0.0986. The molecule has 0 unspecified atom stereocenters. The lowest BCUT2D eigenvalue weighted by molar-refractivity contribution is -0.119. The number of hydrogen-bond donors (Lipinski definition) is 1. The van der Waals surface area contributed by atoms with Crippen LogP contribution < -0.4 is 5.32 Å². The van der Waals surface area contributed by atoms with E-state index < -0.39 is 0 Å². The molecule has 3 nitrogen and oxygen atoms in total. The molecular weight excluding hydrogens is 316 g/mol. The van der Waals surface area contributed by atoms with Crippen LogP contribution in [0.5, 0.6) is 0 Å². The molecule has 1 aliphatic heterocycles. The molecule has 0 radical (unpaired) electrons. The third kappa shape index (κ3) is 11.0. The van der Waals surface area contributed by atoms with Gasteiger partial charge in [0.25, 0.3) is 0 Å². The van der Waals surface area contributed by atoms with E-state index in [0.717, 1.165) is 19.5 Å². The Bertz CT molecular complexity index is 341. The Morgan fingerprint density at radius 3 is 1.88 bits per heavy atom. The number of rotatable bonds is 12. The molecule has 0 aromatic carbocycles. The molecule has 0 aliphatic carbocycles. The van der Waals surface area contributed by atoms with E-state index in [1.165, 1.54) is 83.5 Å². The predicted molar refractivity (Wildman–Crippen MR) is 107 cm³/mol. The van der Waals surface area contributed by atoms with Gasteiger partial charge in [-0.3, -0.25) is 4.79 Å². The highest BCUT2D eigenvalue weighted by Crippen LogP contribution is 2.12. The van der Waals surface area contributed by atoms with Crippen LogP contribution in [0, 0.1) is 0 Å². The van der Waals surface area contributed by atoms with Gasteiger partial charge in [0, 0.05) is 19.5 Å². The smallest absolute Gasteiger partial charge is 0.226 e. The molecule has 4 heteroatoms. The Hall–Kier alpha value is -0.640. The van der Waals surface area contributed by atoms with E-state index >= 15 is 0 Å². The Morgan fingerprint density at radius 2 is 1.33 bits per heavy atom. The predicted octanol–water partition coefficient (Wildman–Crippen LogP) is 5.57. The largest absolute Gasteiger partial charge is 0.349 e. The zero-order chi connectivity index (χ0) is 17.5. The van der Waals surface area contributed by atoms with Crippen LogP contribution in [-0.2, 0) is 4.79 Å². The van der Waals surface area contributed by atoms with E-state index in [-0.39, 0.29) is 5.91 Å². The van der Waals surface area contributed by atoms with Gasteiger partial charge in [0.2, 0.25) is 5.91 Å². The molecule has 0 aromatic rings. The third-order valence-electron chi connectivity index (χ3n) is 4.90. The van der Waals surface area contributed by atoms with E-state index in [2.05, 4.69) is 17.1 Å². The van der Waals surface area contributed by atoms with Gasteiger partial charge < -0.3 is 10.2 Å². The monoisotopic (exact) mass is 354 g/mol. The van der Waals surface area contributed by atoms with Gasteiger partial charge in [-0.1, -0.05) is 71.1 Å². The fraction of sp³-hybridized carbons (Fsp3) is 0.900. The molecule has 1 fully saturated rings. The van der Waals surface area contributed by atoms with E-state index in [0.29, 0.717) is 11.5 Å². The second kappa shape index (κ2) is 14.7. The summed E-state index contributed by atoms with van der Waals surface area (Å²) in [5.74, 6) is 0.0986. The zero-order valence-electron chi connectivity index (χ0n) is 15.8. The van der Waals surface area contributed by atoms with E-state index in [4.69, 9.17) is 12.2 Å². The Morgan fingerprint density at radius 1 is 0.833 bits per heavy atom. The summed E-state index contributed by atoms with van der Waals surface area (Å²) in [4.78, 5) is 14.1. The lowest BCUT2D eigenvalue weighted by atomic mass is 10.1. The Kier molecular flexibility index (Phi) is 13.1. The van der Waals surface area contributed by atoms with Crippen LogP contribution in [0.15, 0.2) is 0 Å². The summed E-state index contributed by atoms with van der Waals surface area (Å²) in [6, 6.07) is 0. The number of carbonyl (C=O) groups excluding carboxylic acids is 1. The van der Waals surface area contributed by atoms with Crippen LogP contribution in [0.25, 0.3) is 0 Å². The maximum Gasteiger partial charge on any atom is 0.226 e. The maximum absolute atomic E-state index is 11.9. The second-order valence-corrected chi connectivity index (χ2v) is 7.57. The van der Waals surface area contributed by atoms with Crippen molar-refractivity contribution in [2.45, 2.75) is 103 Å². The summed E-state index contributed by atoms with van der Waals surface area (Å²) < 4.78 is 0. The number of thiocarbonyl (C=S) groups is 1. The number of piperidine rings is 1. The fourth-order valence-corrected chi connectivity index (χ4v) is 3.60. The van der Waals surface area contributed by atoms with Gasteiger partial charge in [0.15, 0.2) is 5.11 Å². The summed E-state index contributed by atoms with van der Waals surface area (Å²) in [5, 5.41) is 3.55. The van der Waals surface area contributed by atoms with Crippen LogP contribution in [-0.4, -0.2) is 29.0 Å². The van der Waals surface area contributed by atoms with Crippen LogP contribution in [0.1, 0.15) is 103 Å². The summed E-state index contributed by atoms with van der Waals surface area (Å²) >= 11 is 5.33. The average Bonchev–Trinajstić information content (AvgIpc) is 2.60. The van der Waals surface area contributed by atoms with Gasteiger partial charge in [-0.2, -0.15) is 0 Å². The molecule has 1 aliphatic rings. The first kappa shape index (κ1) is 21.4. The Balaban J connectivity index is 1.88. The number of hydrogen-bond acceptors (Lipinski definition) is 2. The lowest BCUT2D eigenvalue weighted by Gasteiger charge is -2.28. The normalized spacial score (nSPS) is 14.6. The molecule has 24 heavy (non-hydrogen) atoms. The van der Waals surface area contributed by atoms with Crippen molar-refractivity contribution in [2.24, 2.45) is 0 Å². The number of likely N-dealkylation sites (tertiary alicyclic amines) is 1. The van der Waals surface area contributed by atoms with Crippen molar-refractivity contribution in [1.82, 2.24) is 10.2 Å². The van der Waals surface area contributed by atoms with E-state index in [1.54, 1.807) is 0 Å². The molecule has 0 atom stereocenters. The summed E-state index contributed by atoms with van der Waals surface area (Å²) in [6.45, 7) is 4.26. The van der Waals surface area contributed by atoms with Crippen molar-refractivity contribution in [1.29, 1.82) is 0 Å². The van der Waals surface area contributed by atoms with Gasteiger partial charge in [-0.05, 0) is 37.9 Å². The van der Waals surface area contributed by atoms with Crippen LogP contribution in [0.2, 0.25) is 0 Å². The first-order chi connectivity index (χ1) is 11.7. The highest BCUT2D eigenvalue weighted by molar-refractivity contribution is 7.80. The third-order valence-corrected chi connectivity index (χ3v) is 5.26. The second-order valence-electron chi connectivity index (χ2n) is 7.19. The number of nitrogens with one attached hydrogen (secondary N) is 1.